The Morgan fingerprint density at radius 2 is 2.09 bits per heavy atom. The summed E-state index contributed by atoms with van der Waals surface area (Å²) in [7, 11) is 0. The molecular formula is C8H17NO2. The predicted molar refractivity (Wildman–Crippen MR) is 44.1 cm³/mol. The average molecular weight is 159 g/mol. The number of amides is 1. The highest BCUT2D eigenvalue weighted by Crippen LogP contribution is 1.99. The average Bonchev–Trinajstić information content (AvgIpc) is 1.98. The van der Waals surface area contributed by atoms with Gasteiger partial charge in [-0.2, -0.15) is 0 Å². The first-order valence-corrected chi connectivity index (χ1v) is 4.05. The second-order valence-corrected chi connectivity index (χ2v) is 2.98. The Morgan fingerprint density at radius 1 is 1.55 bits per heavy atom. The van der Waals surface area contributed by atoms with Gasteiger partial charge in [0.15, 0.2) is 0 Å². The van der Waals surface area contributed by atoms with Gasteiger partial charge < -0.3 is 10.4 Å². The van der Waals surface area contributed by atoms with Gasteiger partial charge in [-0.3, -0.25) is 4.79 Å². The lowest BCUT2D eigenvalue weighted by atomic mass is 10.1. The highest BCUT2D eigenvalue weighted by molar-refractivity contribution is 5.80. The maximum Gasteiger partial charge on any atom is 0.249 e. The molecule has 0 spiro atoms. The molecule has 0 fully saturated rings. The molecule has 0 aromatic heterocycles. The van der Waals surface area contributed by atoms with Gasteiger partial charge in [0.25, 0.3) is 0 Å². The molecule has 1 unspecified atom stereocenters. The maximum absolute atomic E-state index is 11.0. The minimum absolute atomic E-state index is 0.00754. The monoisotopic (exact) mass is 159 g/mol. The summed E-state index contributed by atoms with van der Waals surface area (Å²) in [5.41, 5.74) is 0. The van der Waals surface area contributed by atoms with E-state index in [1.165, 1.54) is 0 Å². The van der Waals surface area contributed by atoms with Crippen molar-refractivity contribution in [3.8, 4) is 0 Å². The van der Waals surface area contributed by atoms with Crippen LogP contribution in [-0.2, 0) is 4.79 Å². The van der Waals surface area contributed by atoms with Crippen molar-refractivity contribution in [1.29, 1.82) is 0 Å². The first-order chi connectivity index (χ1) is 5.09. The van der Waals surface area contributed by atoms with Crippen LogP contribution in [0.1, 0.15) is 27.2 Å². The van der Waals surface area contributed by atoms with E-state index >= 15 is 0 Å². The fourth-order valence-corrected chi connectivity index (χ4v) is 0.656. The van der Waals surface area contributed by atoms with Crippen molar-refractivity contribution < 1.29 is 9.90 Å². The van der Waals surface area contributed by atoms with Crippen LogP contribution in [0.2, 0.25) is 0 Å². The number of hydrogen-bond acceptors (Lipinski definition) is 2. The number of hydrogen-bond donors (Lipinski definition) is 2. The molecule has 3 heteroatoms. The molecular weight excluding hydrogens is 142 g/mol. The molecule has 0 aliphatic heterocycles. The third-order valence-corrected chi connectivity index (χ3v) is 1.45. The highest BCUT2D eigenvalue weighted by Gasteiger charge is 2.17. The Bertz CT molecular complexity index is 123. The summed E-state index contributed by atoms with van der Waals surface area (Å²) in [6.45, 7) is 6.25. The summed E-state index contributed by atoms with van der Waals surface area (Å²) < 4.78 is 0. The fraction of sp³-hybridized carbons (Fsp3) is 0.875. The van der Waals surface area contributed by atoms with Crippen LogP contribution >= 0.6 is 0 Å². The van der Waals surface area contributed by atoms with Crippen molar-refractivity contribution in [2.75, 3.05) is 6.54 Å². The van der Waals surface area contributed by atoms with Gasteiger partial charge in [0, 0.05) is 6.54 Å². The molecule has 1 amide bonds. The van der Waals surface area contributed by atoms with Gasteiger partial charge in [-0.05, 0) is 12.3 Å². The molecule has 2 N–H and O–H groups in total. The van der Waals surface area contributed by atoms with E-state index in [1.54, 1.807) is 0 Å². The van der Waals surface area contributed by atoms with E-state index < -0.39 is 6.10 Å². The zero-order valence-corrected chi connectivity index (χ0v) is 7.42. The highest BCUT2D eigenvalue weighted by atomic mass is 16.3. The van der Waals surface area contributed by atoms with Gasteiger partial charge in [-0.25, -0.2) is 0 Å². The zero-order chi connectivity index (χ0) is 8.85. The third-order valence-electron chi connectivity index (χ3n) is 1.45. The Labute approximate surface area is 67.8 Å². The minimum Gasteiger partial charge on any atom is -0.383 e. The molecule has 0 saturated carbocycles. The number of rotatable bonds is 4. The zero-order valence-electron chi connectivity index (χ0n) is 7.42. The van der Waals surface area contributed by atoms with E-state index in [0.29, 0.717) is 6.54 Å². The van der Waals surface area contributed by atoms with E-state index in [9.17, 15) is 9.90 Å². The van der Waals surface area contributed by atoms with Gasteiger partial charge in [-0.15, -0.1) is 0 Å². The van der Waals surface area contributed by atoms with Gasteiger partial charge in [0.05, 0.1) is 0 Å². The Balaban J connectivity index is 3.64. The Kier molecular flexibility index (Phi) is 4.86. The SMILES string of the molecule is CCCNC(=O)C(O)C(C)C. The predicted octanol–water partition coefficient (Wildman–Crippen LogP) is 0.529. The molecule has 11 heavy (non-hydrogen) atoms. The van der Waals surface area contributed by atoms with Crippen LogP contribution in [-0.4, -0.2) is 23.7 Å². The Hall–Kier alpha value is -0.570. The van der Waals surface area contributed by atoms with Gasteiger partial charge in [0.2, 0.25) is 5.91 Å². The van der Waals surface area contributed by atoms with Crippen LogP contribution in [0.4, 0.5) is 0 Å². The van der Waals surface area contributed by atoms with Crippen LogP contribution in [0.3, 0.4) is 0 Å². The summed E-state index contributed by atoms with van der Waals surface area (Å²) in [5, 5.41) is 11.8. The molecule has 0 aliphatic carbocycles. The molecule has 3 nitrogen and oxygen atoms in total. The normalized spacial score (nSPS) is 13.2. The molecule has 0 saturated heterocycles. The fourth-order valence-electron chi connectivity index (χ4n) is 0.656. The number of aliphatic hydroxyl groups excluding tert-OH is 1. The van der Waals surface area contributed by atoms with Gasteiger partial charge >= 0.3 is 0 Å². The smallest absolute Gasteiger partial charge is 0.249 e. The first kappa shape index (κ1) is 10.4. The van der Waals surface area contributed by atoms with Crippen molar-refractivity contribution in [2.45, 2.75) is 33.3 Å². The molecule has 0 aliphatic rings. The topological polar surface area (TPSA) is 49.3 Å². The molecule has 66 valence electrons. The molecule has 0 aromatic rings. The molecule has 1 atom stereocenters. The number of nitrogens with one attached hydrogen (secondary N) is 1. The van der Waals surface area contributed by atoms with Crippen molar-refractivity contribution in [3.05, 3.63) is 0 Å². The van der Waals surface area contributed by atoms with Crippen LogP contribution < -0.4 is 5.32 Å². The second-order valence-electron chi connectivity index (χ2n) is 2.98. The van der Waals surface area contributed by atoms with E-state index in [1.807, 2.05) is 20.8 Å². The van der Waals surface area contributed by atoms with E-state index in [4.69, 9.17) is 0 Å². The van der Waals surface area contributed by atoms with Gasteiger partial charge in [0.1, 0.15) is 6.10 Å². The van der Waals surface area contributed by atoms with Gasteiger partial charge in [-0.1, -0.05) is 20.8 Å². The summed E-state index contributed by atoms with van der Waals surface area (Å²) >= 11 is 0. The summed E-state index contributed by atoms with van der Waals surface area (Å²) in [6.07, 6.45) is 0.0397. The molecule has 0 heterocycles. The van der Waals surface area contributed by atoms with Crippen LogP contribution in [0, 0.1) is 5.92 Å². The quantitative estimate of drug-likeness (QED) is 0.628. The standard InChI is InChI=1S/C8H17NO2/c1-4-5-9-8(11)7(10)6(2)3/h6-7,10H,4-5H2,1-3H3,(H,9,11). The van der Waals surface area contributed by atoms with Crippen LogP contribution in [0.5, 0.6) is 0 Å². The largest absolute Gasteiger partial charge is 0.383 e. The number of carbonyl (C=O) groups excluding carboxylic acids is 1. The number of aliphatic hydroxyl groups is 1. The van der Waals surface area contributed by atoms with Crippen molar-refractivity contribution in [2.24, 2.45) is 5.92 Å². The summed E-state index contributed by atoms with van der Waals surface area (Å²) in [4.78, 5) is 11.0. The van der Waals surface area contributed by atoms with Crippen molar-refractivity contribution in [1.82, 2.24) is 5.32 Å². The van der Waals surface area contributed by atoms with Crippen LogP contribution in [0.15, 0.2) is 0 Å². The summed E-state index contributed by atoms with van der Waals surface area (Å²) in [5.74, 6) is -0.270. The van der Waals surface area contributed by atoms with E-state index in [0.717, 1.165) is 6.42 Å². The van der Waals surface area contributed by atoms with E-state index in [2.05, 4.69) is 5.32 Å². The summed E-state index contributed by atoms with van der Waals surface area (Å²) in [6, 6.07) is 0. The Morgan fingerprint density at radius 3 is 2.45 bits per heavy atom. The lowest BCUT2D eigenvalue weighted by Crippen LogP contribution is -2.37. The van der Waals surface area contributed by atoms with Crippen molar-refractivity contribution >= 4 is 5.91 Å². The van der Waals surface area contributed by atoms with Crippen molar-refractivity contribution in [3.63, 3.8) is 0 Å². The molecule has 0 bridgehead atoms. The van der Waals surface area contributed by atoms with Crippen LogP contribution in [0.25, 0.3) is 0 Å². The molecule has 0 aromatic carbocycles. The molecule has 0 radical (unpaired) electrons. The first-order valence-electron chi connectivity index (χ1n) is 4.05. The lowest BCUT2D eigenvalue weighted by molar-refractivity contribution is -0.131. The minimum atomic E-state index is -0.860. The van der Waals surface area contributed by atoms with E-state index in [-0.39, 0.29) is 11.8 Å². The maximum atomic E-state index is 11.0. The second kappa shape index (κ2) is 5.13. The number of carbonyl (C=O) groups is 1. The molecule has 0 rings (SSSR count). The third kappa shape index (κ3) is 3.98. The lowest BCUT2D eigenvalue weighted by Gasteiger charge is -2.13.